The van der Waals surface area contributed by atoms with Crippen LogP contribution in [0.15, 0.2) is 30.6 Å². The van der Waals surface area contributed by atoms with Crippen LogP contribution >= 0.6 is 0 Å². The number of hydrogen-bond acceptors (Lipinski definition) is 3. The van der Waals surface area contributed by atoms with Crippen LogP contribution in [0.3, 0.4) is 0 Å². The minimum absolute atomic E-state index is 0.0169. The predicted octanol–water partition coefficient (Wildman–Crippen LogP) is 0.564. The molecular weight excluding hydrogens is 211 g/mol. The number of rotatable bonds is 3. The van der Waals surface area contributed by atoms with Gasteiger partial charge in [-0.05, 0) is 6.07 Å². The zero-order chi connectivity index (χ0) is 11.5. The first-order chi connectivity index (χ1) is 7.68. The van der Waals surface area contributed by atoms with Gasteiger partial charge in [0.25, 0.3) is 5.91 Å². The van der Waals surface area contributed by atoms with Crippen LogP contribution < -0.4 is 5.73 Å². The summed E-state index contributed by atoms with van der Waals surface area (Å²) in [5.74, 6) is -1.01. The lowest BCUT2D eigenvalue weighted by atomic mass is 10.2. The number of benzene rings is 1. The van der Waals surface area contributed by atoms with E-state index in [9.17, 15) is 9.18 Å². The van der Waals surface area contributed by atoms with E-state index in [-0.39, 0.29) is 18.2 Å². The fourth-order valence-electron chi connectivity index (χ4n) is 1.37. The Morgan fingerprint density at radius 1 is 1.44 bits per heavy atom. The van der Waals surface area contributed by atoms with E-state index in [0.717, 1.165) is 0 Å². The molecule has 1 aromatic heterocycles. The van der Waals surface area contributed by atoms with Crippen molar-refractivity contribution in [3.63, 3.8) is 0 Å². The molecule has 0 aliphatic carbocycles. The fraction of sp³-hybridized carbons (Fsp3) is 0.100. The maximum Gasteiger partial charge on any atom is 0.286 e. The molecule has 1 heterocycles. The third-order valence-electron chi connectivity index (χ3n) is 2.13. The van der Waals surface area contributed by atoms with Crippen molar-refractivity contribution in [2.75, 3.05) is 0 Å². The quantitative estimate of drug-likeness (QED) is 0.821. The largest absolute Gasteiger partial charge is 0.363 e. The lowest BCUT2D eigenvalue weighted by Gasteiger charge is -2.05. The molecule has 16 heavy (non-hydrogen) atoms. The Balaban J connectivity index is 2.31. The topological polar surface area (TPSA) is 73.8 Å². The minimum Gasteiger partial charge on any atom is -0.363 e. The van der Waals surface area contributed by atoms with Crippen LogP contribution in [0, 0.1) is 5.82 Å². The molecule has 1 aromatic carbocycles. The van der Waals surface area contributed by atoms with Gasteiger partial charge in [0.1, 0.15) is 12.1 Å². The molecule has 0 unspecified atom stereocenters. The molecule has 2 N–H and O–H groups in total. The average molecular weight is 220 g/mol. The Kier molecular flexibility index (Phi) is 2.63. The van der Waals surface area contributed by atoms with Crippen LogP contribution in [0.5, 0.6) is 0 Å². The molecule has 0 atom stereocenters. The van der Waals surface area contributed by atoms with Gasteiger partial charge in [-0.25, -0.2) is 4.39 Å². The first-order valence-electron chi connectivity index (χ1n) is 4.59. The van der Waals surface area contributed by atoms with E-state index in [1.165, 1.54) is 17.0 Å². The summed E-state index contributed by atoms with van der Waals surface area (Å²) in [5, 5.41) is 7.12. The van der Waals surface area contributed by atoms with Gasteiger partial charge in [0.15, 0.2) is 0 Å². The molecule has 1 amide bonds. The number of hydrogen-bond donors (Lipinski definition) is 1. The van der Waals surface area contributed by atoms with Crippen molar-refractivity contribution in [1.82, 2.24) is 14.8 Å². The Morgan fingerprint density at radius 2 is 2.19 bits per heavy atom. The standard InChI is InChI=1S/C10H9FN4O/c11-8-4-2-1-3-7(8)5-15-6-13-14-10(15)9(12)16/h1-4,6H,5H2,(H2,12,16). The average Bonchev–Trinajstić information content (AvgIpc) is 2.69. The smallest absolute Gasteiger partial charge is 0.286 e. The number of halogens is 1. The van der Waals surface area contributed by atoms with Gasteiger partial charge in [0, 0.05) is 5.56 Å². The van der Waals surface area contributed by atoms with E-state index in [2.05, 4.69) is 10.2 Å². The number of nitrogens with two attached hydrogens (primary N) is 1. The van der Waals surface area contributed by atoms with Gasteiger partial charge in [0.05, 0.1) is 6.54 Å². The number of carbonyl (C=O) groups is 1. The van der Waals surface area contributed by atoms with Crippen LogP contribution in [0.4, 0.5) is 4.39 Å². The molecule has 2 aromatic rings. The number of primary amides is 1. The highest BCUT2D eigenvalue weighted by molar-refractivity contribution is 5.88. The molecule has 0 saturated heterocycles. The first-order valence-corrected chi connectivity index (χ1v) is 4.59. The summed E-state index contributed by atoms with van der Waals surface area (Å²) in [4.78, 5) is 11.0. The van der Waals surface area contributed by atoms with Crippen molar-refractivity contribution >= 4 is 5.91 Å². The molecule has 0 fully saturated rings. The van der Waals surface area contributed by atoms with E-state index < -0.39 is 5.91 Å². The Bertz CT molecular complexity index is 523. The number of amides is 1. The maximum atomic E-state index is 13.3. The summed E-state index contributed by atoms with van der Waals surface area (Å²) < 4.78 is 14.7. The van der Waals surface area contributed by atoms with Crippen LogP contribution in [-0.2, 0) is 6.54 Å². The molecule has 6 heteroatoms. The molecule has 2 rings (SSSR count). The van der Waals surface area contributed by atoms with Gasteiger partial charge < -0.3 is 10.3 Å². The van der Waals surface area contributed by atoms with Crippen LogP contribution in [0.1, 0.15) is 16.2 Å². The molecule has 82 valence electrons. The molecule has 0 bridgehead atoms. The van der Waals surface area contributed by atoms with E-state index in [1.54, 1.807) is 18.2 Å². The highest BCUT2D eigenvalue weighted by Crippen LogP contribution is 2.09. The Hall–Kier alpha value is -2.24. The zero-order valence-electron chi connectivity index (χ0n) is 8.30. The first kappa shape index (κ1) is 10.3. The number of aromatic nitrogens is 3. The number of carbonyl (C=O) groups excluding carboxylic acids is 1. The van der Waals surface area contributed by atoms with Gasteiger partial charge in [-0.15, -0.1) is 10.2 Å². The monoisotopic (exact) mass is 220 g/mol. The van der Waals surface area contributed by atoms with Gasteiger partial charge in [-0.3, -0.25) is 4.79 Å². The van der Waals surface area contributed by atoms with Gasteiger partial charge in [-0.1, -0.05) is 18.2 Å². The van der Waals surface area contributed by atoms with E-state index in [1.807, 2.05) is 0 Å². The van der Waals surface area contributed by atoms with Crippen molar-refractivity contribution in [1.29, 1.82) is 0 Å². The number of nitrogens with zero attached hydrogens (tertiary/aromatic N) is 3. The molecule has 0 saturated carbocycles. The highest BCUT2D eigenvalue weighted by Gasteiger charge is 2.11. The van der Waals surface area contributed by atoms with Gasteiger partial charge in [-0.2, -0.15) is 0 Å². The second-order valence-electron chi connectivity index (χ2n) is 3.24. The Morgan fingerprint density at radius 3 is 2.88 bits per heavy atom. The van der Waals surface area contributed by atoms with E-state index in [0.29, 0.717) is 5.56 Å². The van der Waals surface area contributed by atoms with Crippen molar-refractivity contribution in [3.8, 4) is 0 Å². The summed E-state index contributed by atoms with van der Waals surface area (Å²) in [6.07, 6.45) is 1.34. The van der Waals surface area contributed by atoms with Crippen molar-refractivity contribution in [2.24, 2.45) is 5.73 Å². The molecule has 0 aliphatic rings. The van der Waals surface area contributed by atoms with Crippen LogP contribution in [-0.4, -0.2) is 20.7 Å². The SMILES string of the molecule is NC(=O)c1nncn1Cc1ccccc1F. The second-order valence-corrected chi connectivity index (χ2v) is 3.24. The lowest BCUT2D eigenvalue weighted by molar-refractivity contribution is 0.0986. The molecule has 5 nitrogen and oxygen atoms in total. The molecular formula is C10H9FN4O. The molecule has 0 spiro atoms. The highest BCUT2D eigenvalue weighted by atomic mass is 19.1. The summed E-state index contributed by atoms with van der Waals surface area (Å²) in [6, 6.07) is 6.29. The minimum atomic E-state index is -0.686. The van der Waals surface area contributed by atoms with Crippen molar-refractivity contribution < 1.29 is 9.18 Å². The van der Waals surface area contributed by atoms with Crippen LogP contribution in [0.2, 0.25) is 0 Å². The third kappa shape index (κ3) is 1.90. The maximum absolute atomic E-state index is 13.3. The third-order valence-corrected chi connectivity index (χ3v) is 2.13. The normalized spacial score (nSPS) is 10.3. The lowest BCUT2D eigenvalue weighted by Crippen LogP contribution is -2.18. The summed E-state index contributed by atoms with van der Waals surface area (Å²) in [5.41, 5.74) is 5.54. The van der Waals surface area contributed by atoms with E-state index >= 15 is 0 Å². The fourth-order valence-corrected chi connectivity index (χ4v) is 1.37. The van der Waals surface area contributed by atoms with Crippen molar-refractivity contribution in [2.45, 2.75) is 6.54 Å². The summed E-state index contributed by atoms with van der Waals surface area (Å²) in [6.45, 7) is 0.179. The van der Waals surface area contributed by atoms with Gasteiger partial charge >= 0.3 is 0 Å². The molecule has 0 aliphatic heterocycles. The van der Waals surface area contributed by atoms with Crippen LogP contribution in [0.25, 0.3) is 0 Å². The van der Waals surface area contributed by atoms with Crippen molar-refractivity contribution in [3.05, 3.63) is 47.8 Å². The molecule has 0 radical (unpaired) electrons. The summed E-state index contributed by atoms with van der Waals surface area (Å²) in [7, 11) is 0. The summed E-state index contributed by atoms with van der Waals surface area (Å²) >= 11 is 0. The van der Waals surface area contributed by atoms with Gasteiger partial charge in [0.2, 0.25) is 5.82 Å². The Labute approximate surface area is 90.7 Å². The second kappa shape index (κ2) is 4.09. The zero-order valence-corrected chi connectivity index (χ0v) is 8.30. The predicted molar refractivity (Wildman–Crippen MR) is 54.0 cm³/mol. The van der Waals surface area contributed by atoms with E-state index in [4.69, 9.17) is 5.73 Å².